The highest BCUT2D eigenvalue weighted by Gasteiger charge is 2.00. The minimum Gasteiger partial charge on any atom is -0.399 e. The van der Waals surface area contributed by atoms with Gasteiger partial charge in [-0.3, -0.25) is 0 Å². The van der Waals surface area contributed by atoms with Gasteiger partial charge in [0.2, 0.25) is 0 Å². The number of hydrogen-bond donors (Lipinski definition) is 0. The minimum atomic E-state index is 1.12. The molecule has 0 unspecified atom stereocenters. The van der Waals surface area contributed by atoms with Gasteiger partial charge in [0.05, 0.1) is 5.71 Å². The van der Waals surface area contributed by atoms with Crippen LogP contribution in [0.5, 0.6) is 0 Å². The fourth-order valence-corrected chi connectivity index (χ4v) is 1.50. The van der Waals surface area contributed by atoms with E-state index in [1.807, 2.05) is 0 Å². The summed E-state index contributed by atoms with van der Waals surface area (Å²) in [6.45, 7) is 4.45. The summed E-state index contributed by atoms with van der Waals surface area (Å²) >= 11 is 0. The Labute approximate surface area is 88.7 Å². The predicted octanol–water partition coefficient (Wildman–Crippen LogP) is 4.15. The zero-order valence-electron chi connectivity index (χ0n) is 10.0. The summed E-state index contributed by atoms with van der Waals surface area (Å²) in [5.74, 6) is 0. The molecule has 0 aromatic heterocycles. The fraction of sp³-hybridized carbons (Fsp3) is 0.917. The molecule has 0 fully saturated rings. The maximum absolute atomic E-state index is 4.85. The third kappa shape index (κ3) is 8.09. The maximum Gasteiger partial charge on any atom is 0.106 e. The largest absolute Gasteiger partial charge is 0.399 e. The molecule has 0 amide bonds. The molecule has 0 saturated heterocycles. The van der Waals surface area contributed by atoms with E-state index < -0.39 is 0 Å². The minimum absolute atomic E-state index is 1.12. The third-order valence-electron chi connectivity index (χ3n) is 2.36. The molecule has 0 aromatic carbocycles. The Hall–Kier alpha value is -0.530. The SMILES string of the molecule is CCCCCC(CCCCC)=NOC. The van der Waals surface area contributed by atoms with E-state index >= 15 is 0 Å². The van der Waals surface area contributed by atoms with Crippen LogP contribution in [0.3, 0.4) is 0 Å². The van der Waals surface area contributed by atoms with Gasteiger partial charge in [-0.2, -0.15) is 0 Å². The Balaban J connectivity index is 3.61. The van der Waals surface area contributed by atoms with E-state index in [0.29, 0.717) is 0 Å². The van der Waals surface area contributed by atoms with Crippen LogP contribution >= 0.6 is 0 Å². The van der Waals surface area contributed by atoms with Crippen LogP contribution < -0.4 is 0 Å². The normalized spacial score (nSPS) is 9.93. The van der Waals surface area contributed by atoms with Crippen molar-refractivity contribution in [2.24, 2.45) is 5.16 Å². The molecule has 0 aromatic rings. The van der Waals surface area contributed by atoms with Crippen molar-refractivity contribution in [3.63, 3.8) is 0 Å². The highest BCUT2D eigenvalue weighted by molar-refractivity contribution is 5.83. The zero-order chi connectivity index (χ0) is 10.6. The van der Waals surface area contributed by atoms with E-state index in [9.17, 15) is 0 Å². The molecular formula is C12H25NO. The Morgan fingerprint density at radius 2 is 1.43 bits per heavy atom. The molecule has 0 aliphatic heterocycles. The van der Waals surface area contributed by atoms with Gasteiger partial charge < -0.3 is 4.84 Å². The molecule has 0 N–H and O–H groups in total. The van der Waals surface area contributed by atoms with Crippen LogP contribution in [0.15, 0.2) is 5.16 Å². The molecule has 0 heterocycles. The van der Waals surface area contributed by atoms with Crippen molar-refractivity contribution in [3.8, 4) is 0 Å². The van der Waals surface area contributed by atoms with Crippen molar-refractivity contribution in [1.29, 1.82) is 0 Å². The van der Waals surface area contributed by atoms with Crippen molar-refractivity contribution in [3.05, 3.63) is 0 Å². The second-order valence-electron chi connectivity index (χ2n) is 3.75. The Kier molecular flexibility index (Phi) is 10.2. The molecule has 14 heavy (non-hydrogen) atoms. The fourth-order valence-electron chi connectivity index (χ4n) is 1.50. The lowest BCUT2D eigenvalue weighted by Crippen LogP contribution is -1.99. The molecule has 0 saturated carbocycles. The first-order chi connectivity index (χ1) is 6.85. The maximum atomic E-state index is 4.85. The summed E-state index contributed by atoms with van der Waals surface area (Å²) in [4.78, 5) is 4.85. The highest BCUT2D eigenvalue weighted by atomic mass is 16.6. The van der Waals surface area contributed by atoms with Gasteiger partial charge >= 0.3 is 0 Å². The van der Waals surface area contributed by atoms with Crippen LogP contribution in [0.25, 0.3) is 0 Å². The van der Waals surface area contributed by atoms with Crippen molar-refractivity contribution < 1.29 is 4.84 Å². The number of nitrogens with zero attached hydrogens (tertiary/aromatic N) is 1. The van der Waals surface area contributed by atoms with Crippen LogP contribution in [0, 0.1) is 0 Å². The van der Waals surface area contributed by atoms with Gasteiger partial charge in [0.1, 0.15) is 7.11 Å². The standard InChI is InChI=1S/C12H25NO/c1-4-6-8-10-12(13-14-3)11-9-7-5-2/h4-11H2,1-3H3. The van der Waals surface area contributed by atoms with E-state index in [4.69, 9.17) is 4.84 Å². The van der Waals surface area contributed by atoms with Crippen molar-refractivity contribution in [1.82, 2.24) is 0 Å². The second kappa shape index (κ2) is 10.6. The average molecular weight is 199 g/mol. The second-order valence-corrected chi connectivity index (χ2v) is 3.75. The monoisotopic (exact) mass is 199 g/mol. The molecule has 0 aliphatic rings. The van der Waals surface area contributed by atoms with Gasteiger partial charge in [0.15, 0.2) is 0 Å². The molecule has 2 heteroatoms. The van der Waals surface area contributed by atoms with Gasteiger partial charge in [-0.05, 0) is 25.7 Å². The summed E-state index contributed by atoms with van der Waals surface area (Å²) in [5, 5.41) is 4.08. The molecule has 2 nitrogen and oxygen atoms in total. The first-order valence-electron chi connectivity index (χ1n) is 5.94. The van der Waals surface area contributed by atoms with Gasteiger partial charge in [-0.15, -0.1) is 0 Å². The summed E-state index contributed by atoms with van der Waals surface area (Å²) in [6.07, 6.45) is 9.89. The lowest BCUT2D eigenvalue weighted by atomic mass is 10.1. The van der Waals surface area contributed by atoms with Crippen LogP contribution in [0.2, 0.25) is 0 Å². The Bertz CT molecular complexity index is 131. The van der Waals surface area contributed by atoms with E-state index in [1.165, 1.54) is 44.2 Å². The molecule has 0 radical (unpaired) electrons. The van der Waals surface area contributed by atoms with Crippen LogP contribution in [0.1, 0.15) is 65.2 Å². The molecule has 0 rings (SSSR count). The molecule has 0 atom stereocenters. The number of rotatable bonds is 9. The van der Waals surface area contributed by atoms with Gasteiger partial charge in [-0.1, -0.05) is 44.7 Å². The number of hydrogen-bond acceptors (Lipinski definition) is 2. The van der Waals surface area contributed by atoms with Crippen molar-refractivity contribution in [2.75, 3.05) is 7.11 Å². The zero-order valence-corrected chi connectivity index (χ0v) is 10.0. The van der Waals surface area contributed by atoms with Gasteiger partial charge in [-0.25, -0.2) is 0 Å². The molecule has 0 spiro atoms. The predicted molar refractivity (Wildman–Crippen MR) is 62.7 cm³/mol. The molecule has 0 aliphatic carbocycles. The summed E-state index contributed by atoms with van der Waals surface area (Å²) in [7, 11) is 1.64. The first-order valence-corrected chi connectivity index (χ1v) is 5.94. The Morgan fingerprint density at radius 1 is 0.929 bits per heavy atom. The highest BCUT2D eigenvalue weighted by Crippen LogP contribution is 2.08. The quantitative estimate of drug-likeness (QED) is 0.310. The third-order valence-corrected chi connectivity index (χ3v) is 2.36. The summed E-state index contributed by atoms with van der Waals surface area (Å²) in [6, 6.07) is 0. The molecular weight excluding hydrogens is 174 g/mol. The van der Waals surface area contributed by atoms with Gasteiger partial charge in [0, 0.05) is 0 Å². The van der Waals surface area contributed by atoms with E-state index in [-0.39, 0.29) is 0 Å². The lowest BCUT2D eigenvalue weighted by molar-refractivity contribution is 0.211. The van der Waals surface area contributed by atoms with Crippen LogP contribution in [0.4, 0.5) is 0 Å². The topological polar surface area (TPSA) is 21.6 Å². The Morgan fingerprint density at radius 3 is 1.79 bits per heavy atom. The van der Waals surface area contributed by atoms with Gasteiger partial charge in [0.25, 0.3) is 0 Å². The lowest BCUT2D eigenvalue weighted by Gasteiger charge is -2.04. The summed E-state index contributed by atoms with van der Waals surface area (Å²) < 4.78 is 0. The number of oxime groups is 1. The number of unbranched alkanes of at least 4 members (excludes halogenated alkanes) is 4. The smallest absolute Gasteiger partial charge is 0.106 e. The van der Waals surface area contributed by atoms with E-state index in [0.717, 1.165) is 12.8 Å². The van der Waals surface area contributed by atoms with E-state index in [1.54, 1.807) is 7.11 Å². The van der Waals surface area contributed by atoms with E-state index in [2.05, 4.69) is 19.0 Å². The molecule has 0 bridgehead atoms. The average Bonchev–Trinajstić information content (AvgIpc) is 2.18. The van der Waals surface area contributed by atoms with Crippen LogP contribution in [-0.4, -0.2) is 12.8 Å². The van der Waals surface area contributed by atoms with Crippen molar-refractivity contribution in [2.45, 2.75) is 65.2 Å². The van der Waals surface area contributed by atoms with Crippen molar-refractivity contribution >= 4 is 5.71 Å². The van der Waals surface area contributed by atoms with Crippen LogP contribution in [-0.2, 0) is 4.84 Å². The first kappa shape index (κ1) is 13.5. The molecule has 84 valence electrons. The summed E-state index contributed by atoms with van der Waals surface area (Å²) in [5.41, 5.74) is 1.24.